The Hall–Kier alpha value is -3.44. The lowest BCUT2D eigenvalue weighted by atomic mass is 10.0. The molecule has 0 N–H and O–H groups in total. The predicted molar refractivity (Wildman–Crippen MR) is 119 cm³/mol. The monoisotopic (exact) mass is 396 g/mol. The van der Waals surface area contributed by atoms with Gasteiger partial charge in [0, 0.05) is 50.7 Å². The molecule has 0 saturated carbocycles. The van der Waals surface area contributed by atoms with Crippen LogP contribution in [-0.4, -0.2) is 51.7 Å². The van der Waals surface area contributed by atoms with E-state index in [-0.39, 0.29) is 5.91 Å². The van der Waals surface area contributed by atoms with E-state index in [0.717, 1.165) is 44.0 Å². The Kier molecular flexibility index (Phi) is 5.03. The minimum Gasteiger partial charge on any atom is -0.336 e. The molecule has 1 saturated heterocycles. The van der Waals surface area contributed by atoms with Gasteiger partial charge >= 0.3 is 0 Å². The van der Waals surface area contributed by atoms with Crippen molar-refractivity contribution < 1.29 is 4.79 Å². The highest BCUT2D eigenvalue weighted by Gasteiger charge is 2.22. The molecule has 5 heteroatoms. The molecule has 1 aliphatic heterocycles. The van der Waals surface area contributed by atoms with Gasteiger partial charge < -0.3 is 4.90 Å². The molecule has 0 atom stereocenters. The average Bonchev–Trinajstić information content (AvgIpc) is 3.35. The minimum absolute atomic E-state index is 0.104. The Morgan fingerprint density at radius 3 is 2.37 bits per heavy atom. The molecule has 30 heavy (non-hydrogen) atoms. The lowest BCUT2D eigenvalue weighted by Crippen LogP contribution is -2.48. The molecule has 4 aromatic rings. The lowest BCUT2D eigenvalue weighted by Gasteiger charge is -2.35. The maximum atomic E-state index is 12.9. The fourth-order valence-electron chi connectivity index (χ4n) is 4.14. The largest absolute Gasteiger partial charge is 0.336 e. The highest BCUT2D eigenvalue weighted by Crippen LogP contribution is 2.21. The van der Waals surface area contributed by atoms with Crippen LogP contribution in [0.25, 0.3) is 16.5 Å². The zero-order chi connectivity index (χ0) is 20.3. The van der Waals surface area contributed by atoms with Crippen LogP contribution in [0.2, 0.25) is 0 Å². The van der Waals surface area contributed by atoms with Crippen molar-refractivity contribution in [3.8, 4) is 5.69 Å². The van der Waals surface area contributed by atoms with Crippen LogP contribution in [0.5, 0.6) is 0 Å². The van der Waals surface area contributed by atoms with Gasteiger partial charge in [0.25, 0.3) is 5.91 Å². The summed E-state index contributed by atoms with van der Waals surface area (Å²) in [7, 11) is 0. The van der Waals surface area contributed by atoms with E-state index in [1.54, 1.807) is 10.9 Å². The first-order chi connectivity index (χ1) is 14.8. The SMILES string of the molecule is O=C(c1ccc(-n2cccn2)cc1)N1CCN(Cc2cccc3ccccc23)CC1. The molecule has 0 unspecified atom stereocenters. The zero-order valence-corrected chi connectivity index (χ0v) is 16.8. The topological polar surface area (TPSA) is 41.4 Å². The minimum atomic E-state index is 0.104. The summed E-state index contributed by atoms with van der Waals surface area (Å²) in [4.78, 5) is 17.3. The summed E-state index contributed by atoms with van der Waals surface area (Å²) < 4.78 is 1.79. The first kappa shape index (κ1) is 18.6. The van der Waals surface area contributed by atoms with Gasteiger partial charge in [-0.15, -0.1) is 0 Å². The Labute approximate surface area is 176 Å². The normalized spacial score (nSPS) is 14.9. The van der Waals surface area contributed by atoms with Crippen molar-refractivity contribution in [1.29, 1.82) is 0 Å². The summed E-state index contributed by atoms with van der Waals surface area (Å²) >= 11 is 0. The van der Waals surface area contributed by atoms with Crippen molar-refractivity contribution >= 4 is 16.7 Å². The number of aromatic nitrogens is 2. The van der Waals surface area contributed by atoms with Gasteiger partial charge in [0.15, 0.2) is 0 Å². The Balaban J connectivity index is 1.22. The maximum Gasteiger partial charge on any atom is 0.253 e. The molecular formula is C25H24N4O. The van der Waals surface area contributed by atoms with Crippen molar-refractivity contribution in [2.75, 3.05) is 26.2 Å². The smallest absolute Gasteiger partial charge is 0.253 e. The van der Waals surface area contributed by atoms with Crippen LogP contribution in [0, 0.1) is 0 Å². The summed E-state index contributed by atoms with van der Waals surface area (Å²) in [5.41, 5.74) is 3.03. The van der Waals surface area contributed by atoms with Crippen molar-refractivity contribution in [3.05, 3.63) is 96.3 Å². The van der Waals surface area contributed by atoms with E-state index in [2.05, 4.69) is 52.5 Å². The first-order valence-corrected chi connectivity index (χ1v) is 10.4. The number of carbonyl (C=O) groups is 1. The van der Waals surface area contributed by atoms with Crippen LogP contribution in [0.1, 0.15) is 15.9 Å². The summed E-state index contributed by atoms with van der Waals surface area (Å²) in [6.07, 6.45) is 3.64. The second-order valence-electron chi connectivity index (χ2n) is 7.70. The quantitative estimate of drug-likeness (QED) is 0.524. The molecule has 0 spiro atoms. The number of piperazine rings is 1. The average molecular weight is 396 g/mol. The van der Waals surface area contributed by atoms with Crippen LogP contribution in [-0.2, 0) is 6.54 Å². The Morgan fingerprint density at radius 1 is 0.833 bits per heavy atom. The molecular weight excluding hydrogens is 372 g/mol. The van der Waals surface area contributed by atoms with E-state index in [1.165, 1.54) is 16.3 Å². The van der Waals surface area contributed by atoms with Gasteiger partial charge in [0.1, 0.15) is 0 Å². The van der Waals surface area contributed by atoms with E-state index < -0.39 is 0 Å². The van der Waals surface area contributed by atoms with Crippen LogP contribution < -0.4 is 0 Å². The first-order valence-electron chi connectivity index (χ1n) is 10.4. The van der Waals surface area contributed by atoms with Crippen molar-refractivity contribution in [1.82, 2.24) is 19.6 Å². The molecule has 0 bridgehead atoms. The highest BCUT2D eigenvalue weighted by atomic mass is 16.2. The van der Waals surface area contributed by atoms with Crippen LogP contribution >= 0.6 is 0 Å². The van der Waals surface area contributed by atoms with Gasteiger partial charge in [0.05, 0.1) is 5.69 Å². The van der Waals surface area contributed by atoms with Crippen LogP contribution in [0.4, 0.5) is 0 Å². The number of hydrogen-bond acceptors (Lipinski definition) is 3. The molecule has 5 nitrogen and oxygen atoms in total. The second-order valence-corrected chi connectivity index (χ2v) is 7.70. The van der Waals surface area contributed by atoms with E-state index in [1.807, 2.05) is 41.4 Å². The lowest BCUT2D eigenvalue weighted by molar-refractivity contribution is 0.0629. The van der Waals surface area contributed by atoms with E-state index >= 15 is 0 Å². The molecule has 1 amide bonds. The summed E-state index contributed by atoms with van der Waals surface area (Å²) in [6, 6.07) is 24.6. The predicted octanol–water partition coefficient (Wildman–Crippen LogP) is 3.98. The number of nitrogens with zero attached hydrogens (tertiary/aromatic N) is 4. The maximum absolute atomic E-state index is 12.9. The van der Waals surface area contributed by atoms with Crippen LogP contribution in [0.15, 0.2) is 85.2 Å². The van der Waals surface area contributed by atoms with Crippen molar-refractivity contribution in [2.24, 2.45) is 0 Å². The Morgan fingerprint density at radius 2 is 1.60 bits per heavy atom. The van der Waals surface area contributed by atoms with E-state index in [0.29, 0.717) is 0 Å². The van der Waals surface area contributed by atoms with Crippen molar-refractivity contribution in [3.63, 3.8) is 0 Å². The molecule has 2 heterocycles. The van der Waals surface area contributed by atoms with Gasteiger partial charge in [-0.25, -0.2) is 4.68 Å². The zero-order valence-electron chi connectivity index (χ0n) is 16.8. The van der Waals surface area contributed by atoms with Crippen LogP contribution in [0.3, 0.4) is 0 Å². The third-order valence-electron chi connectivity index (χ3n) is 5.82. The molecule has 0 radical (unpaired) electrons. The third-order valence-corrected chi connectivity index (χ3v) is 5.82. The highest BCUT2D eigenvalue weighted by molar-refractivity contribution is 5.94. The van der Waals surface area contributed by atoms with Gasteiger partial charge in [-0.2, -0.15) is 5.10 Å². The molecule has 1 fully saturated rings. The summed E-state index contributed by atoms with van der Waals surface area (Å²) in [5.74, 6) is 0.104. The van der Waals surface area contributed by atoms with E-state index in [9.17, 15) is 4.79 Å². The van der Waals surface area contributed by atoms with Crippen molar-refractivity contribution in [2.45, 2.75) is 6.54 Å². The number of benzene rings is 3. The molecule has 0 aliphatic carbocycles. The molecule has 150 valence electrons. The van der Waals surface area contributed by atoms with Gasteiger partial charge in [-0.1, -0.05) is 42.5 Å². The van der Waals surface area contributed by atoms with Gasteiger partial charge in [-0.3, -0.25) is 9.69 Å². The Bertz CT molecular complexity index is 1140. The summed E-state index contributed by atoms with van der Waals surface area (Å²) in [6.45, 7) is 4.21. The number of amides is 1. The number of carbonyl (C=O) groups excluding carboxylic acids is 1. The molecule has 3 aromatic carbocycles. The molecule has 1 aliphatic rings. The fourth-order valence-corrected chi connectivity index (χ4v) is 4.14. The number of rotatable bonds is 4. The standard InChI is InChI=1S/C25H24N4O/c30-25(21-9-11-23(12-10-21)29-14-4-13-26-29)28-17-15-27(16-18-28)19-22-7-3-6-20-5-1-2-8-24(20)22/h1-14H,15-19H2. The third kappa shape index (κ3) is 3.72. The second kappa shape index (κ2) is 8.13. The van der Waals surface area contributed by atoms with Gasteiger partial charge in [-0.05, 0) is 46.7 Å². The number of hydrogen-bond donors (Lipinski definition) is 0. The van der Waals surface area contributed by atoms with E-state index in [4.69, 9.17) is 0 Å². The van der Waals surface area contributed by atoms with Gasteiger partial charge in [0.2, 0.25) is 0 Å². The molecule has 5 rings (SSSR count). The fraction of sp³-hybridized carbons (Fsp3) is 0.200. The number of fused-ring (bicyclic) bond motifs is 1. The summed E-state index contributed by atoms with van der Waals surface area (Å²) in [5, 5.41) is 6.82. The molecule has 1 aromatic heterocycles.